The van der Waals surface area contributed by atoms with E-state index in [0.29, 0.717) is 11.8 Å². The van der Waals surface area contributed by atoms with Gasteiger partial charge in [-0.05, 0) is 55.0 Å². The van der Waals surface area contributed by atoms with Gasteiger partial charge in [-0.15, -0.1) is 0 Å². The lowest BCUT2D eigenvalue weighted by Crippen LogP contribution is -2.19. The summed E-state index contributed by atoms with van der Waals surface area (Å²) >= 11 is 0. The average Bonchev–Trinajstić information content (AvgIpc) is 2.23. The zero-order chi connectivity index (χ0) is 14.1. The van der Waals surface area contributed by atoms with Crippen molar-refractivity contribution >= 4 is 7.85 Å². The first kappa shape index (κ1) is 15.6. The van der Waals surface area contributed by atoms with Gasteiger partial charge in [0.15, 0.2) is 0 Å². The summed E-state index contributed by atoms with van der Waals surface area (Å²) in [5, 5.41) is -0.106. The van der Waals surface area contributed by atoms with Crippen LogP contribution in [0, 0.1) is 11.8 Å². The fourth-order valence-electron chi connectivity index (χ4n) is 3.04. The van der Waals surface area contributed by atoms with Crippen LogP contribution in [0.25, 0.3) is 0 Å². The second-order valence-electron chi connectivity index (χ2n) is 6.78. The Hall–Kier alpha value is -0.455. The van der Waals surface area contributed by atoms with Crippen LogP contribution in [-0.4, -0.2) is 7.85 Å². The third-order valence-electron chi connectivity index (χ3n) is 4.63. The van der Waals surface area contributed by atoms with Gasteiger partial charge in [0.05, 0.1) is 7.85 Å². The van der Waals surface area contributed by atoms with Crippen molar-refractivity contribution in [3.63, 3.8) is 0 Å². The summed E-state index contributed by atoms with van der Waals surface area (Å²) in [7, 11) is 6.45. The Balaban J connectivity index is 3.36. The van der Waals surface area contributed by atoms with Crippen molar-refractivity contribution in [3.05, 3.63) is 22.3 Å². The topological polar surface area (TPSA) is 0 Å². The smallest absolute Gasteiger partial charge is 0.0726 e. The molecule has 0 bridgehead atoms. The monoisotopic (exact) mass is 244 g/mol. The van der Waals surface area contributed by atoms with E-state index in [1.54, 1.807) is 11.1 Å². The van der Waals surface area contributed by atoms with E-state index in [-0.39, 0.29) is 5.31 Å². The molecule has 1 unspecified atom stereocenters. The molecule has 0 saturated carbocycles. The molecule has 1 rings (SSSR count). The Kier molecular flexibility index (Phi) is 4.92. The fraction of sp³-hybridized carbons (Fsp3) is 0.765. The van der Waals surface area contributed by atoms with Crippen molar-refractivity contribution in [3.8, 4) is 0 Å². The lowest BCUT2D eigenvalue weighted by molar-refractivity contribution is 0.546. The van der Waals surface area contributed by atoms with Crippen LogP contribution >= 0.6 is 0 Å². The average molecular weight is 244 g/mol. The van der Waals surface area contributed by atoms with E-state index in [1.165, 1.54) is 24.0 Å². The minimum Gasteiger partial charge on any atom is -0.0726 e. The van der Waals surface area contributed by atoms with Crippen LogP contribution in [0.15, 0.2) is 22.3 Å². The van der Waals surface area contributed by atoms with Gasteiger partial charge in [-0.1, -0.05) is 52.2 Å². The molecule has 0 amide bonds. The predicted molar refractivity (Wildman–Crippen MR) is 83.0 cm³/mol. The Morgan fingerprint density at radius 3 is 2.17 bits per heavy atom. The highest BCUT2D eigenvalue weighted by Gasteiger charge is 2.29. The van der Waals surface area contributed by atoms with E-state index in [1.807, 2.05) is 0 Å². The quantitative estimate of drug-likeness (QED) is 0.578. The highest BCUT2D eigenvalue weighted by Crippen LogP contribution is 2.47. The largest absolute Gasteiger partial charge is 0.0802 e. The number of rotatable bonds is 3. The Morgan fingerprint density at radius 1 is 1.17 bits per heavy atom. The fourth-order valence-corrected chi connectivity index (χ4v) is 3.04. The summed E-state index contributed by atoms with van der Waals surface area (Å²) in [5.41, 5.74) is 6.07. The van der Waals surface area contributed by atoms with Crippen LogP contribution in [0.2, 0.25) is 5.31 Å². The van der Waals surface area contributed by atoms with Crippen molar-refractivity contribution in [2.75, 3.05) is 0 Å². The standard InChI is InChI=1S/C17H29B/c1-11(2)13(5)16(12(3)4)15-9-8-10-17(7,18)14(15)6/h11-12H,8-10H2,1-7H3/b16-13+. The summed E-state index contributed by atoms with van der Waals surface area (Å²) in [4.78, 5) is 0. The van der Waals surface area contributed by atoms with Crippen LogP contribution in [0.5, 0.6) is 0 Å². The molecule has 0 nitrogen and oxygen atoms in total. The van der Waals surface area contributed by atoms with Crippen LogP contribution in [0.1, 0.15) is 67.7 Å². The molecule has 0 fully saturated rings. The molecular weight excluding hydrogens is 215 g/mol. The lowest BCUT2D eigenvalue weighted by Gasteiger charge is -2.36. The molecule has 0 spiro atoms. The van der Waals surface area contributed by atoms with Crippen molar-refractivity contribution in [1.82, 2.24) is 0 Å². The van der Waals surface area contributed by atoms with Gasteiger partial charge in [-0.25, -0.2) is 0 Å². The van der Waals surface area contributed by atoms with E-state index >= 15 is 0 Å². The molecule has 0 N–H and O–H groups in total. The zero-order valence-electron chi connectivity index (χ0n) is 13.4. The van der Waals surface area contributed by atoms with Gasteiger partial charge < -0.3 is 0 Å². The third-order valence-corrected chi connectivity index (χ3v) is 4.63. The molecule has 1 atom stereocenters. The first-order valence-corrected chi connectivity index (χ1v) is 7.38. The van der Waals surface area contributed by atoms with E-state index in [0.717, 1.165) is 6.42 Å². The molecule has 0 aromatic heterocycles. The molecule has 1 heteroatoms. The van der Waals surface area contributed by atoms with Gasteiger partial charge in [0, 0.05) is 0 Å². The molecule has 2 radical (unpaired) electrons. The SMILES string of the molecule is [B]C1(C)CCCC(/C(=C(\C)C(C)C)C(C)C)=C1C. The summed E-state index contributed by atoms with van der Waals surface area (Å²) in [6.45, 7) is 15.9. The van der Waals surface area contributed by atoms with Crippen LogP contribution in [0.4, 0.5) is 0 Å². The zero-order valence-corrected chi connectivity index (χ0v) is 13.4. The summed E-state index contributed by atoms with van der Waals surface area (Å²) in [6, 6.07) is 0. The highest BCUT2D eigenvalue weighted by molar-refractivity contribution is 6.17. The predicted octanol–water partition coefficient (Wildman–Crippen LogP) is 5.46. The van der Waals surface area contributed by atoms with Crippen LogP contribution in [0.3, 0.4) is 0 Å². The summed E-state index contributed by atoms with van der Waals surface area (Å²) in [6.07, 6.45) is 3.55. The van der Waals surface area contributed by atoms with Gasteiger partial charge >= 0.3 is 0 Å². The molecule has 1 aliphatic rings. The number of hydrogen-bond acceptors (Lipinski definition) is 0. The molecule has 0 aromatic rings. The second kappa shape index (κ2) is 5.67. The lowest BCUT2D eigenvalue weighted by atomic mass is 9.58. The minimum atomic E-state index is -0.106. The molecule has 18 heavy (non-hydrogen) atoms. The van der Waals surface area contributed by atoms with Gasteiger partial charge in [0.1, 0.15) is 0 Å². The normalized spacial score (nSPS) is 26.9. The van der Waals surface area contributed by atoms with E-state index in [9.17, 15) is 0 Å². The van der Waals surface area contributed by atoms with E-state index in [2.05, 4.69) is 48.5 Å². The van der Waals surface area contributed by atoms with Gasteiger partial charge in [0.25, 0.3) is 0 Å². The Labute approximate surface area is 115 Å². The van der Waals surface area contributed by atoms with Gasteiger partial charge in [-0.2, -0.15) is 0 Å². The van der Waals surface area contributed by atoms with Crippen LogP contribution in [-0.2, 0) is 0 Å². The molecule has 100 valence electrons. The van der Waals surface area contributed by atoms with Crippen LogP contribution < -0.4 is 0 Å². The first-order chi connectivity index (χ1) is 8.18. The van der Waals surface area contributed by atoms with Gasteiger partial charge in [-0.3, -0.25) is 0 Å². The Morgan fingerprint density at radius 2 is 1.72 bits per heavy atom. The maximum atomic E-state index is 6.45. The number of hydrogen-bond donors (Lipinski definition) is 0. The van der Waals surface area contributed by atoms with Gasteiger partial charge in [0.2, 0.25) is 0 Å². The second-order valence-corrected chi connectivity index (χ2v) is 6.78. The maximum Gasteiger partial charge on any atom is 0.0802 e. The third kappa shape index (κ3) is 3.10. The van der Waals surface area contributed by atoms with Crippen molar-refractivity contribution in [1.29, 1.82) is 0 Å². The summed E-state index contributed by atoms with van der Waals surface area (Å²) in [5.74, 6) is 1.21. The minimum absolute atomic E-state index is 0.106. The molecule has 0 saturated heterocycles. The molecular formula is C17H29B. The molecule has 0 aromatic carbocycles. The van der Waals surface area contributed by atoms with Crippen molar-refractivity contribution in [2.45, 2.75) is 73.0 Å². The van der Waals surface area contributed by atoms with E-state index < -0.39 is 0 Å². The first-order valence-electron chi connectivity index (χ1n) is 7.38. The van der Waals surface area contributed by atoms with E-state index in [4.69, 9.17) is 7.85 Å². The molecule has 0 aliphatic heterocycles. The highest BCUT2D eigenvalue weighted by atomic mass is 14.3. The van der Waals surface area contributed by atoms with Crippen molar-refractivity contribution in [2.24, 2.45) is 11.8 Å². The van der Waals surface area contributed by atoms with Crippen molar-refractivity contribution < 1.29 is 0 Å². The number of allylic oxidation sites excluding steroid dienone is 4. The molecule has 1 aliphatic carbocycles. The Bertz CT molecular complexity index is 367. The summed E-state index contributed by atoms with van der Waals surface area (Å²) < 4.78 is 0. The molecule has 0 heterocycles. The maximum absolute atomic E-state index is 6.45.